The topological polar surface area (TPSA) is 51.8 Å². The zero-order chi connectivity index (χ0) is 11.0. The number of aromatic nitrogens is 2. The summed E-state index contributed by atoms with van der Waals surface area (Å²) in [6.45, 7) is 1.85. The van der Waals surface area contributed by atoms with Crippen molar-refractivity contribution in [3.8, 4) is 0 Å². The molecule has 0 aliphatic carbocycles. The highest BCUT2D eigenvalue weighted by atomic mass is 35.5. The average Bonchev–Trinajstić information content (AvgIpc) is 2.17. The minimum absolute atomic E-state index is 0.202. The molecule has 1 aromatic heterocycles. The zero-order valence-electron chi connectivity index (χ0n) is 8.04. The van der Waals surface area contributed by atoms with Crippen LogP contribution in [0.1, 0.15) is 18.7 Å². The monoisotopic (exact) mass is 241 g/mol. The van der Waals surface area contributed by atoms with Gasteiger partial charge in [0.05, 0.1) is 11.2 Å². The van der Waals surface area contributed by atoms with E-state index in [9.17, 15) is 0 Å². The average molecular weight is 242 g/mol. The summed E-state index contributed by atoms with van der Waals surface area (Å²) in [4.78, 5) is 8.21. The van der Waals surface area contributed by atoms with Gasteiger partial charge in [-0.2, -0.15) is 0 Å². The van der Waals surface area contributed by atoms with Crippen LogP contribution in [0.25, 0.3) is 10.9 Å². The molecule has 0 fully saturated rings. The van der Waals surface area contributed by atoms with E-state index < -0.39 is 0 Å². The van der Waals surface area contributed by atoms with Gasteiger partial charge in [-0.25, -0.2) is 9.97 Å². The molecule has 0 amide bonds. The van der Waals surface area contributed by atoms with E-state index >= 15 is 0 Å². The second-order valence-electron chi connectivity index (χ2n) is 3.33. The molecule has 1 unspecified atom stereocenters. The smallest absolute Gasteiger partial charge is 0.223 e. The Bertz CT molecular complexity index is 511. The Balaban J connectivity index is 2.81. The van der Waals surface area contributed by atoms with Crippen molar-refractivity contribution in [2.24, 2.45) is 5.73 Å². The minimum Gasteiger partial charge on any atom is -0.323 e. The van der Waals surface area contributed by atoms with Crippen molar-refractivity contribution in [1.82, 2.24) is 9.97 Å². The van der Waals surface area contributed by atoms with E-state index in [1.54, 1.807) is 18.2 Å². The van der Waals surface area contributed by atoms with Crippen molar-refractivity contribution in [3.63, 3.8) is 0 Å². The van der Waals surface area contributed by atoms with E-state index in [4.69, 9.17) is 28.9 Å². The number of benzene rings is 1. The summed E-state index contributed by atoms with van der Waals surface area (Å²) < 4.78 is 0. The largest absolute Gasteiger partial charge is 0.323 e. The molecular weight excluding hydrogens is 233 g/mol. The summed E-state index contributed by atoms with van der Waals surface area (Å²) in [5.41, 5.74) is 7.28. The molecule has 0 saturated heterocycles. The van der Waals surface area contributed by atoms with Crippen LogP contribution < -0.4 is 5.73 Å². The molecule has 0 bridgehead atoms. The molecule has 0 aliphatic heterocycles. The van der Waals surface area contributed by atoms with Crippen LogP contribution in [0.15, 0.2) is 18.2 Å². The molecule has 1 atom stereocenters. The Labute approximate surface area is 97.2 Å². The normalized spacial score (nSPS) is 13.1. The molecule has 3 nitrogen and oxygen atoms in total. The molecule has 1 heterocycles. The molecule has 2 aromatic rings. The molecule has 2 N–H and O–H groups in total. The lowest BCUT2D eigenvalue weighted by atomic mass is 10.1. The molecule has 0 aliphatic rings. The van der Waals surface area contributed by atoms with Crippen LogP contribution in [0.5, 0.6) is 0 Å². The number of rotatable bonds is 1. The van der Waals surface area contributed by atoms with Crippen molar-refractivity contribution >= 4 is 34.1 Å². The van der Waals surface area contributed by atoms with Gasteiger partial charge >= 0.3 is 0 Å². The summed E-state index contributed by atoms with van der Waals surface area (Å²) >= 11 is 11.7. The second-order valence-corrected chi connectivity index (χ2v) is 4.10. The van der Waals surface area contributed by atoms with Gasteiger partial charge in [0.1, 0.15) is 0 Å². The van der Waals surface area contributed by atoms with E-state index in [1.807, 2.05) is 6.92 Å². The van der Waals surface area contributed by atoms with Gasteiger partial charge < -0.3 is 5.73 Å². The van der Waals surface area contributed by atoms with Crippen molar-refractivity contribution < 1.29 is 0 Å². The van der Waals surface area contributed by atoms with Crippen molar-refractivity contribution in [3.05, 3.63) is 34.2 Å². The summed E-state index contributed by atoms with van der Waals surface area (Å²) in [7, 11) is 0. The van der Waals surface area contributed by atoms with Gasteiger partial charge in [-0.05, 0) is 36.7 Å². The van der Waals surface area contributed by atoms with Gasteiger partial charge in [0, 0.05) is 16.5 Å². The van der Waals surface area contributed by atoms with Gasteiger partial charge in [-0.1, -0.05) is 11.6 Å². The minimum atomic E-state index is -0.202. The Morgan fingerprint density at radius 1 is 1.27 bits per heavy atom. The van der Waals surface area contributed by atoms with Gasteiger partial charge in [0.15, 0.2) is 0 Å². The number of fused-ring (bicyclic) bond motifs is 1. The third-order valence-electron chi connectivity index (χ3n) is 2.09. The standard InChI is InChI=1S/C10H9Cl2N3/c1-5(13)9-7-4-6(11)2-3-8(7)14-10(12)15-9/h2-5H,13H2,1H3. The van der Waals surface area contributed by atoms with Crippen LogP contribution in [-0.2, 0) is 0 Å². The lowest BCUT2D eigenvalue weighted by Gasteiger charge is -2.09. The van der Waals surface area contributed by atoms with Gasteiger partial charge in [-0.3, -0.25) is 0 Å². The maximum absolute atomic E-state index is 5.91. The lowest BCUT2D eigenvalue weighted by Crippen LogP contribution is -2.09. The summed E-state index contributed by atoms with van der Waals surface area (Å²) in [5, 5.41) is 1.69. The fourth-order valence-corrected chi connectivity index (χ4v) is 1.80. The highest BCUT2D eigenvalue weighted by molar-refractivity contribution is 6.31. The fraction of sp³-hybridized carbons (Fsp3) is 0.200. The van der Waals surface area contributed by atoms with Crippen LogP contribution in [0, 0.1) is 0 Å². The molecule has 0 spiro atoms. The highest BCUT2D eigenvalue weighted by Gasteiger charge is 2.10. The van der Waals surface area contributed by atoms with Gasteiger partial charge in [0.2, 0.25) is 5.28 Å². The number of halogens is 2. The number of nitrogens with two attached hydrogens (primary N) is 1. The number of nitrogens with zero attached hydrogens (tertiary/aromatic N) is 2. The summed E-state index contributed by atoms with van der Waals surface area (Å²) in [5.74, 6) is 0. The summed E-state index contributed by atoms with van der Waals surface area (Å²) in [6.07, 6.45) is 0. The number of hydrogen-bond donors (Lipinski definition) is 1. The maximum atomic E-state index is 5.91. The second kappa shape index (κ2) is 3.93. The van der Waals surface area contributed by atoms with Gasteiger partial charge in [-0.15, -0.1) is 0 Å². The molecule has 15 heavy (non-hydrogen) atoms. The molecule has 78 valence electrons. The molecule has 5 heteroatoms. The highest BCUT2D eigenvalue weighted by Crippen LogP contribution is 2.24. The van der Waals surface area contributed by atoms with Crippen molar-refractivity contribution in [1.29, 1.82) is 0 Å². The first-order valence-corrected chi connectivity index (χ1v) is 5.22. The van der Waals surface area contributed by atoms with Crippen LogP contribution in [0.3, 0.4) is 0 Å². The fourth-order valence-electron chi connectivity index (χ4n) is 1.44. The van der Waals surface area contributed by atoms with Crippen molar-refractivity contribution in [2.45, 2.75) is 13.0 Å². The lowest BCUT2D eigenvalue weighted by molar-refractivity contribution is 0.787. The van der Waals surface area contributed by atoms with Gasteiger partial charge in [0.25, 0.3) is 0 Å². The van der Waals surface area contributed by atoms with Crippen LogP contribution in [0.2, 0.25) is 10.3 Å². The Morgan fingerprint density at radius 3 is 2.67 bits per heavy atom. The third-order valence-corrected chi connectivity index (χ3v) is 2.50. The maximum Gasteiger partial charge on any atom is 0.223 e. The van der Waals surface area contributed by atoms with E-state index in [0.717, 1.165) is 10.9 Å². The zero-order valence-corrected chi connectivity index (χ0v) is 9.55. The van der Waals surface area contributed by atoms with E-state index in [1.165, 1.54) is 0 Å². The molecule has 0 saturated carbocycles. The predicted octanol–water partition coefficient (Wildman–Crippen LogP) is 2.96. The molecule has 1 aromatic carbocycles. The quantitative estimate of drug-likeness (QED) is 0.782. The predicted molar refractivity (Wildman–Crippen MR) is 62.2 cm³/mol. The first kappa shape index (κ1) is 10.6. The van der Waals surface area contributed by atoms with E-state index in [2.05, 4.69) is 9.97 Å². The van der Waals surface area contributed by atoms with Crippen LogP contribution in [-0.4, -0.2) is 9.97 Å². The Hall–Kier alpha value is -0.900. The Kier molecular flexibility index (Phi) is 2.78. The van der Waals surface area contributed by atoms with Crippen LogP contribution in [0.4, 0.5) is 0 Å². The Morgan fingerprint density at radius 2 is 2.00 bits per heavy atom. The number of hydrogen-bond acceptors (Lipinski definition) is 3. The summed E-state index contributed by atoms with van der Waals surface area (Å²) in [6, 6.07) is 5.16. The molecular formula is C10H9Cl2N3. The first-order chi connectivity index (χ1) is 7.08. The molecule has 0 radical (unpaired) electrons. The molecule has 2 rings (SSSR count). The van der Waals surface area contributed by atoms with E-state index in [-0.39, 0.29) is 11.3 Å². The first-order valence-electron chi connectivity index (χ1n) is 4.46. The van der Waals surface area contributed by atoms with E-state index in [0.29, 0.717) is 10.7 Å². The van der Waals surface area contributed by atoms with Crippen molar-refractivity contribution in [2.75, 3.05) is 0 Å². The van der Waals surface area contributed by atoms with Crippen LogP contribution >= 0.6 is 23.2 Å². The third kappa shape index (κ3) is 2.04. The SMILES string of the molecule is CC(N)c1nc(Cl)nc2ccc(Cl)cc12.